The number of amides is 1. The van der Waals surface area contributed by atoms with Gasteiger partial charge < -0.3 is 14.2 Å². The predicted molar refractivity (Wildman–Crippen MR) is 96.5 cm³/mol. The van der Waals surface area contributed by atoms with Gasteiger partial charge in [-0.1, -0.05) is 12.1 Å². The molecule has 0 radical (unpaired) electrons. The van der Waals surface area contributed by atoms with Crippen molar-refractivity contribution < 1.29 is 13.6 Å². The minimum Gasteiger partial charge on any atom is -0.468 e. The van der Waals surface area contributed by atoms with Crippen LogP contribution in [0.2, 0.25) is 0 Å². The standard InChI is InChI=1S/C20H21N3O3/c24-20(16-7-5-15(6-8-16)19-13-21-14-26-19)22-12-17(18-4-3-11-25-18)23-9-1-2-10-23/h3-8,11,13-14,17H,1-2,9-10,12H2,(H,22,24)/t17-/m1/s1. The number of nitrogens with one attached hydrogen (secondary N) is 1. The van der Waals surface area contributed by atoms with E-state index in [1.165, 1.54) is 19.2 Å². The quantitative estimate of drug-likeness (QED) is 0.736. The number of hydrogen-bond donors (Lipinski definition) is 1. The Morgan fingerprint density at radius 2 is 1.96 bits per heavy atom. The minimum atomic E-state index is -0.0927. The molecule has 134 valence electrons. The number of carbonyl (C=O) groups is 1. The van der Waals surface area contributed by atoms with E-state index in [0.29, 0.717) is 17.9 Å². The van der Waals surface area contributed by atoms with Crippen LogP contribution in [-0.4, -0.2) is 35.4 Å². The van der Waals surface area contributed by atoms with E-state index < -0.39 is 0 Å². The van der Waals surface area contributed by atoms with Crippen molar-refractivity contribution in [1.82, 2.24) is 15.2 Å². The molecule has 26 heavy (non-hydrogen) atoms. The van der Waals surface area contributed by atoms with Gasteiger partial charge in [0.1, 0.15) is 5.76 Å². The monoisotopic (exact) mass is 351 g/mol. The maximum absolute atomic E-state index is 12.5. The Hall–Kier alpha value is -2.86. The van der Waals surface area contributed by atoms with Crippen LogP contribution in [0.15, 0.2) is 64.1 Å². The van der Waals surface area contributed by atoms with E-state index in [1.807, 2.05) is 24.3 Å². The molecule has 6 nitrogen and oxygen atoms in total. The number of nitrogens with zero attached hydrogens (tertiary/aromatic N) is 2. The first kappa shape index (κ1) is 16.6. The van der Waals surface area contributed by atoms with Crippen molar-refractivity contribution in [2.75, 3.05) is 19.6 Å². The third-order valence-corrected chi connectivity index (χ3v) is 4.77. The summed E-state index contributed by atoms with van der Waals surface area (Å²) in [7, 11) is 0. The first-order valence-electron chi connectivity index (χ1n) is 8.86. The van der Waals surface area contributed by atoms with Crippen molar-refractivity contribution in [2.24, 2.45) is 0 Å². The molecule has 0 spiro atoms. The molecule has 2 aromatic heterocycles. The largest absolute Gasteiger partial charge is 0.468 e. The summed E-state index contributed by atoms with van der Waals surface area (Å²) in [6, 6.07) is 11.3. The van der Waals surface area contributed by atoms with Gasteiger partial charge in [0, 0.05) is 17.7 Å². The summed E-state index contributed by atoms with van der Waals surface area (Å²) in [5.41, 5.74) is 1.51. The summed E-state index contributed by atoms with van der Waals surface area (Å²) >= 11 is 0. The van der Waals surface area contributed by atoms with Crippen LogP contribution >= 0.6 is 0 Å². The summed E-state index contributed by atoms with van der Waals surface area (Å²) in [5, 5.41) is 3.04. The molecule has 0 bridgehead atoms. The van der Waals surface area contributed by atoms with E-state index in [0.717, 1.165) is 24.4 Å². The molecule has 0 unspecified atom stereocenters. The molecule has 1 aromatic carbocycles. The van der Waals surface area contributed by atoms with Crippen LogP contribution in [0.4, 0.5) is 0 Å². The Balaban J connectivity index is 1.42. The maximum Gasteiger partial charge on any atom is 0.251 e. The first-order chi connectivity index (χ1) is 12.8. The lowest BCUT2D eigenvalue weighted by Gasteiger charge is -2.26. The molecule has 0 aliphatic carbocycles. The number of furan rings is 1. The zero-order valence-corrected chi connectivity index (χ0v) is 14.4. The average molecular weight is 351 g/mol. The van der Waals surface area contributed by atoms with Gasteiger partial charge in [-0.25, -0.2) is 4.98 Å². The average Bonchev–Trinajstić information content (AvgIpc) is 3.45. The van der Waals surface area contributed by atoms with Gasteiger partial charge in [0.2, 0.25) is 0 Å². The first-order valence-corrected chi connectivity index (χ1v) is 8.86. The second-order valence-electron chi connectivity index (χ2n) is 6.43. The number of hydrogen-bond acceptors (Lipinski definition) is 5. The van der Waals surface area contributed by atoms with E-state index in [-0.39, 0.29) is 11.9 Å². The summed E-state index contributed by atoms with van der Waals surface area (Å²) in [6.07, 6.45) is 7.10. The second kappa shape index (κ2) is 7.58. The van der Waals surface area contributed by atoms with Gasteiger partial charge in [-0.05, 0) is 50.2 Å². The van der Waals surface area contributed by atoms with Crippen molar-refractivity contribution in [3.05, 3.63) is 66.6 Å². The third-order valence-electron chi connectivity index (χ3n) is 4.77. The summed E-state index contributed by atoms with van der Waals surface area (Å²) in [6.45, 7) is 2.59. The molecule has 1 saturated heterocycles. The lowest BCUT2D eigenvalue weighted by molar-refractivity contribution is 0.0934. The molecule has 4 rings (SSSR count). The van der Waals surface area contributed by atoms with Crippen LogP contribution in [0, 0.1) is 0 Å². The number of likely N-dealkylation sites (tertiary alicyclic amines) is 1. The van der Waals surface area contributed by atoms with Crippen LogP contribution in [0.25, 0.3) is 11.3 Å². The van der Waals surface area contributed by atoms with Gasteiger partial charge in [0.15, 0.2) is 12.2 Å². The summed E-state index contributed by atoms with van der Waals surface area (Å²) in [4.78, 5) is 18.8. The number of oxazole rings is 1. The molecule has 0 saturated carbocycles. The fourth-order valence-electron chi connectivity index (χ4n) is 3.38. The van der Waals surface area contributed by atoms with Gasteiger partial charge in [-0.15, -0.1) is 0 Å². The maximum atomic E-state index is 12.5. The van der Waals surface area contributed by atoms with Gasteiger partial charge in [0.05, 0.1) is 18.5 Å². The molecule has 3 heterocycles. The predicted octanol–water partition coefficient (Wildman–Crippen LogP) is 3.50. The SMILES string of the molecule is O=C(NC[C@H](c1ccco1)N1CCCC1)c1ccc(-c2cnco2)cc1. The van der Waals surface area contributed by atoms with Crippen LogP contribution in [0.5, 0.6) is 0 Å². The van der Waals surface area contributed by atoms with E-state index >= 15 is 0 Å². The molecular formula is C20H21N3O3. The number of rotatable bonds is 6. The van der Waals surface area contributed by atoms with Crippen molar-refractivity contribution in [2.45, 2.75) is 18.9 Å². The van der Waals surface area contributed by atoms with E-state index in [2.05, 4.69) is 15.2 Å². The molecule has 1 N–H and O–H groups in total. The molecule has 1 atom stereocenters. The molecule has 3 aromatic rings. The second-order valence-corrected chi connectivity index (χ2v) is 6.43. The van der Waals surface area contributed by atoms with E-state index in [9.17, 15) is 4.79 Å². The zero-order valence-electron chi connectivity index (χ0n) is 14.4. The lowest BCUT2D eigenvalue weighted by atomic mass is 10.1. The smallest absolute Gasteiger partial charge is 0.251 e. The Morgan fingerprint density at radius 1 is 1.15 bits per heavy atom. The highest BCUT2D eigenvalue weighted by Gasteiger charge is 2.26. The molecule has 1 fully saturated rings. The molecule has 1 amide bonds. The Kier molecular flexibility index (Phi) is 4.84. The van der Waals surface area contributed by atoms with E-state index in [4.69, 9.17) is 8.83 Å². The van der Waals surface area contributed by atoms with Crippen molar-refractivity contribution in [1.29, 1.82) is 0 Å². The number of aromatic nitrogens is 1. The zero-order chi connectivity index (χ0) is 17.8. The summed E-state index contributed by atoms with van der Waals surface area (Å²) < 4.78 is 10.9. The fraction of sp³-hybridized carbons (Fsp3) is 0.300. The molecular weight excluding hydrogens is 330 g/mol. The highest BCUT2D eigenvalue weighted by atomic mass is 16.3. The van der Waals surface area contributed by atoms with Crippen LogP contribution in [0.1, 0.15) is 35.0 Å². The highest BCUT2D eigenvalue weighted by molar-refractivity contribution is 5.94. The van der Waals surface area contributed by atoms with Gasteiger partial charge in [-0.2, -0.15) is 0 Å². The lowest BCUT2D eigenvalue weighted by Crippen LogP contribution is -2.36. The molecule has 1 aliphatic rings. The van der Waals surface area contributed by atoms with Gasteiger partial charge in [-0.3, -0.25) is 9.69 Å². The van der Waals surface area contributed by atoms with Gasteiger partial charge >= 0.3 is 0 Å². The Bertz CT molecular complexity index is 820. The van der Waals surface area contributed by atoms with E-state index in [1.54, 1.807) is 24.6 Å². The summed E-state index contributed by atoms with van der Waals surface area (Å²) in [5.74, 6) is 1.49. The fourth-order valence-corrected chi connectivity index (χ4v) is 3.38. The topological polar surface area (TPSA) is 71.5 Å². The van der Waals surface area contributed by atoms with Gasteiger partial charge in [0.25, 0.3) is 5.91 Å². The van der Waals surface area contributed by atoms with Crippen molar-refractivity contribution in [3.63, 3.8) is 0 Å². The third kappa shape index (κ3) is 3.55. The van der Waals surface area contributed by atoms with Crippen LogP contribution in [0.3, 0.4) is 0 Å². The van der Waals surface area contributed by atoms with Crippen LogP contribution < -0.4 is 5.32 Å². The molecule has 1 aliphatic heterocycles. The number of benzene rings is 1. The molecule has 6 heteroatoms. The Labute approximate surface area is 151 Å². The van der Waals surface area contributed by atoms with Crippen molar-refractivity contribution >= 4 is 5.91 Å². The van der Waals surface area contributed by atoms with Crippen LogP contribution in [-0.2, 0) is 0 Å². The highest BCUT2D eigenvalue weighted by Crippen LogP contribution is 2.25. The normalized spacial score (nSPS) is 15.8. The number of carbonyl (C=O) groups excluding carboxylic acids is 1. The Morgan fingerprint density at radius 3 is 2.62 bits per heavy atom. The minimum absolute atomic E-state index is 0.0740. The van der Waals surface area contributed by atoms with Crippen molar-refractivity contribution in [3.8, 4) is 11.3 Å².